The van der Waals surface area contributed by atoms with Crippen molar-refractivity contribution in [3.63, 3.8) is 0 Å². The molecular weight excluding hydrogens is 414 g/mol. The molecule has 8 heteroatoms. The maximum absolute atomic E-state index is 12.8. The second-order valence-corrected chi connectivity index (χ2v) is 10.8. The highest BCUT2D eigenvalue weighted by molar-refractivity contribution is 7.15. The summed E-state index contributed by atoms with van der Waals surface area (Å²) < 4.78 is 5.06. The van der Waals surface area contributed by atoms with Gasteiger partial charge in [0.2, 0.25) is 5.91 Å². The third-order valence-corrected chi connectivity index (χ3v) is 8.77. The van der Waals surface area contributed by atoms with E-state index in [2.05, 4.69) is 24.5 Å². The van der Waals surface area contributed by atoms with Crippen LogP contribution in [-0.2, 0) is 16.0 Å². The number of unbranched alkanes of at least 4 members (excludes halogenated alkanes) is 1. The van der Waals surface area contributed by atoms with Crippen LogP contribution in [0, 0.1) is 16.7 Å². The number of thiazole rings is 1. The molecule has 1 fully saturated rings. The zero-order chi connectivity index (χ0) is 22.6. The van der Waals surface area contributed by atoms with Crippen molar-refractivity contribution in [1.82, 2.24) is 10.3 Å². The van der Waals surface area contributed by atoms with Crippen LogP contribution in [0.15, 0.2) is 0 Å². The lowest BCUT2D eigenvalue weighted by Gasteiger charge is -2.58. The average Bonchev–Trinajstić information content (AvgIpc) is 3.15. The number of hydrogen-bond donors (Lipinski definition) is 4. The van der Waals surface area contributed by atoms with E-state index in [1.807, 2.05) is 6.92 Å². The molecule has 2 aliphatic rings. The number of fused-ring (bicyclic) bond motifs is 2. The molecule has 1 amide bonds. The fraction of sp³-hybridized carbons (Fsp3) is 0.826. The summed E-state index contributed by atoms with van der Waals surface area (Å²) in [5.74, 6) is 0.0438. The lowest BCUT2D eigenvalue weighted by atomic mass is 9.47. The van der Waals surface area contributed by atoms with E-state index in [0.29, 0.717) is 26.0 Å². The van der Waals surface area contributed by atoms with Gasteiger partial charge in [-0.1, -0.05) is 27.2 Å². The molecule has 0 saturated heterocycles. The summed E-state index contributed by atoms with van der Waals surface area (Å²) in [4.78, 5) is 19.0. The van der Waals surface area contributed by atoms with Gasteiger partial charge in [-0.25, -0.2) is 4.98 Å². The summed E-state index contributed by atoms with van der Waals surface area (Å²) in [6.45, 7) is 8.20. The molecule has 0 aromatic carbocycles. The molecular formula is C23H39N3O4S. The van der Waals surface area contributed by atoms with Gasteiger partial charge in [0, 0.05) is 42.8 Å². The topological polar surface area (TPSA) is 104 Å². The van der Waals surface area contributed by atoms with Crippen LogP contribution in [-0.4, -0.2) is 60.6 Å². The summed E-state index contributed by atoms with van der Waals surface area (Å²) in [5, 5.41) is 28.4. The molecule has 4 N–H and O–H groups in total. The van der Waals surface area contributed by atoms with Crippen LogP contribution in [0.3, 0.4) is 0 Å². The minimum absolute atomic E-state index is 0.000177. The quantitative estimate of drug-likeness (QED) is 0.406. The van der Waals surface area contributed by atoms with E-state index in [1.54, 1.807) is 18.4 Å². The normalized spacial score (nSPS) is 32.3. The number of carbonyl (C=O) groups is 1. The van der Waals surface area contributed by atoms with E-state index >= 15 is 0 Å². The number of nitrogens with one attached hydrogen (secondary N) is 2. The van der Waals surface area contributed by atoms with E-state index in [0.717, 1.165) is 43.1 Å². The van der Waals surface area contributed by atoms with Crippen molar-refractivity contribution in [3.05, 3.63) is 10.6 Å². The van der Waals surface area contributed by atoms with Crippen LogP contribution < -0.4 is 10.6 Å². The minimum atomic E-state index is -0.588. The molecule has 1 aromatic rings. The number of rotatable bonds is 10. The monoisotopic (exact) mass is 453 g/mol. The number of nitrogens with zero attached hydrogens (tertiary/aromatic N) is 1. The lowest BCUT2D eigenvalue weighted by molar-refractivity contribution is -0.144. The number of methoxy groups -OCH3 is 1. The first kappa shape index (κ1) is 24.4. The Morgan fingerprint density at radius 2 is 2.13 bits per heavy atom. The number of carbonyl (C=O) groups excluding carboxylic acids is 1. The van der Waals surface area contributed by atoms with E-state index < -0.39 is 11.5 Å². The van der Waals surface area contributed by atoms with Crippen LogP contribution in [0.5, 0.6) is 0 Å². The van der Waals surface area contributed by atoms with Crippen LogP contribution in [0.1, 0.15) is 69.4 Å². The van der Waals surface area contributed by atoms with E-state index in [1.165, 1.54) is 4.88 Å². The molecule has 1 heterocycles. The van der Waals surface area contributed by atoms with Gasteiger partial charge in [0.25, 0.3) is 0 Å². The SMILES string of the molecule is CCCCNc1nc2c(s1)CC1C(C)(CO)C(O)CCC1(C)C2CC(=O)NCCOC. The van der Waals surface area contributed by atoms with Gasteiger partial charge in [-0.2, -0.15) is 0 Å². The summed E-state index contributed by atoms with van der Waals surface area (Å²) in [6.07, 6.45) is 4.27. The van der Waals surface area contributed by atoms with Crippen molar-refractivity contribution < 1.29 is 19.7 Å². The second kappa shape index (κ2) is 10.1. The number of aromatic nitrogens is 1. The molecule has 0 bridgehead atoms. The Morgan fingerprint density at radius 1 is 1.35 bits per heavy atom. The van der Waals surface area contributed by atoms with Crippen molar-refractivity contribution in [1.29, 1.82) is 0 Å². The zero-order valence-corrected chi connectivity index (χ0v) is 20.2. The number of aliphatic hydroxyl groups excluding tert-OH is 2. The Morgan fingerprint density at radius 3 is 2.81 bits per heavy atom. The molecule has 2 aliphatic carbocycles. The zero-order valence-electron chi connectivity index (χ0n) is 19.4. The molecule has 0 aliphatic heterocycles. The smallest absolute Gasteiger partial charge is 0.220 e. The molecule has 5 unspecified atom stereocenters. The van der Waals surface area contributed by atoms with Crippen molar-refractivity contribution in [2.45, 2.75) is 71.3 Å². The summed E-state index contributed by atoms with van der Waals surface area (Å²) in [5.41, 5.74) is 0.230. The van der Waals surface area contributed by atoms with Crippen LogP contribution in [0.25, 0.3) is 0 Å². The molecule has 1 saturated carbocycles. The number of anilines is 1. The standard InChI is InChI=1S/C23H39N3O4S/c1-5-6-9-25-21-26-20-15(12-19(29)24-10-11-30-4)22(2)8-7-18(28)23(3,14-27)17(22)13-16(20)31-21/h15,17-18,27-28H,5-14H2,1-4H3,(H,24,29)(H,25,26). The van der Waals surface area contributed by atoms with Gasteiger partial charge in [0.15, 0.2) is 5.13 Å². The average molecular weight is 454 g/mol. The number of amides is 1. The lowest BCUT2D eigenvalue weighted by Crippen LogP contribution is -2.57. The summed E-state index contributed by atoms with van der Waals surface area (Å²) in [6, 6.07) is 0. The Hall–Kier alpha value is -1.22. The van der Waals surface area contributed by atoms with Gasteiger partial charge in [-0.05, 0) is 37.0 Å². The van der Waals surface area contributed by atoms with Crippen LogP contribution in [0.4, 0.5) is 5.13 Å². The highest BCUT2D eigenvalue weighted by Crippen LogP contribution is 2.62. The summed E-state index contributed by atoms with van der Waals surface area (Å²) in [7, 11) is 1.62. The molecule has 0 radical (unpaired) electrons. The van der Waals surface area contributed by atoms with Crippen molar-refractivity contribution in [2.24, 2.45) is 16.7 Å². The predicted octanol–water partition coefficient (Wildman–Crippen LogP) is 2.92. The number of hydrogen-bond acceptors (Lipinski definition) is 7. The van der Waals surface area contributed by atoms with Gasteiger partial charge in [-0.15, -0.1) is 11.3 Å². The van der Waals surface area contributed by atoms with Crippen LogP contribution >= 0.6 is 11.3 Å². The van der Waals surface area contributed by atoms with Crippen molar-refractivity contribution in [2.75, 3.05) is 38.7 Å². The minimum Gasteiger partial charge on any atom is -0.396 e. The van der Waals surface area contributed by atoms with Crippen molar-refractivity contribution >= 4 is 22.4 Å². The molecule has 3 rings (SSSR count). The largest absolute Gasteiger partial charge is 0.396 e. The Labute approximate surface area is 190 Å². The van der Waals surface area contributed by atoms with Gasteiger partial charge >= 0.3 is 0 Å². The first-order chi connectivity index (χ1) is 14.8. The Balaban J connectivity index is 1.94. The van der Waals surface area contributed by atoms with E-state index in [9.17, 15) is 15.0 Å². The fourth-order valence-electron chi connectivity index (χ4n) is 5.64. The Bertz CT molecular complexity index is 757. The molecule has 5 atom stereocenters. The third kappa shape index (κ3) is 4.77. The highest BCUT2D eigenvalue weighted by Gasteiger charge is 2.59. The molecule has 176 valence electrons. The van der Waals surface area contributed by atoms with Crippen molar-refractivity contribution in [3.8, 4) is 0 Å². The van der Waals surface area contributed by atoms with Crippen LogP contribution in [0.2, 0.25) is 0 Å². The first-order valence-electron chi connectivity index (χ1n) is 11.6. The van der Waals surface area contributed by atoms with Gasteiger partial charge in [-0.3, -0.25) is 4.79 Å². The molecule has 31 heavy (non-hydrogen) atoms. The number of ether oxygens (including phenoxy) is 1. The predicted molar refractivity (Wildman–Crippen MR) is 123 cm³/mol. The second-order valence-electron chi connectivity index (χ2n) is 9.69. The molecule has 7 nitrogen and oxygen atoms in total. The van der Waals surface area contributed by atoms with Gasteiger partial charge in [0.1, 0.15) is 0 Å². The molecule has 0 spiro atoms. The highest BCUT2D eigenvalue weighted by atomic mass is 32.1. The van der Waals surface area contributed by atoms with Gasteiger partial charge < -0.3 is 25.6 Å². The molecule has 1 aromatic heterocycles. The first-order valence-corrected chi connectivity index (χ1v) is 12.4. The summed E-state index contributed by atoms with van der Waals surface area (Å²) >= 11 is 1.67. The Kier molecular flexibility index (Phi) is 8.00. The van der Waals surface area contributed by atoms with Gasteiger partial charge in [0.05, 0.1) is 25.0 Å². The maximum atomic E-state index is 12.8. The van der Waals surface area contributed by atoms with E-state index in [4.69, 9.17) is 9.72 Å². The van der Waals surface area contributed by atoms with E-state index in [-0.39, 0.29) is 29.8 Å². The number of aliphatic hydroxyl groups is 2. The fourth-order valence-corrected chi connectivity index (χ4v) is 6.74. The third-order valence-electron chi connectivity index (χ3n) is 7.72. The maximum Gasteiger partial charge on any atom is 0.220 e.